The molecule has 7 fully saturated rings. The second-order valence-corrected chi connectivity index (χ2v) is 9.70. The van der Waals surface area contributed by atoms with Crippen LogP contribution in [0, 0.1) is 40.9 Å². The van der Waals surface area contributed by atoms with Crippen LogP contribution in [0.2, 0.25) is 0 Å². The standard InChI is InChI=1S/C15H21Br/c1-14-7-15(16)5-10-9-2-8(3-12(10)14)4-13(14)11(9)6-15/h8-13H,2-7H2,1H3. The fraction of sp³-hybridized carbons (Fsp3) is 1.00. The monoisotopic (exact) mass is 280 g/mol. The topological polar surface area (TPSA) is 0 Å². The molecule has 0 heterocycles. The molecular formula is C15H21Br. The van der Waals surface area contributed by atoms with E-state index in [0.29, 0.717) is 4.32 Å². The lowest BCUT2D eigenvalue weighted by molar-refractivity contribution is -0.239. The molecule has 0 nitrogen and oxygen atoms in total. The van der Waals surface area contributed by atoms with E-state index in [2.05, 4.69) is 22.9 Å². The molecule has 0 saturated heterocycles. The third-order valence-electron chi connectivity index (χ3n) is 7.51. The van der Waals surface area contributed by atoms with Gasteiger partial charge in [0.2, 0.25) is 0 Å². The van der Waals surface area contributed by atoms with E-state index >= 15 is 0 Å². The first-order valence-electron chi connectivity index (χ1n) is 7.28. The highest BCUT2D eigenvalue weighted by Crippen LogP contribution is 2.77. The van der Waals surface area contributed by atoms with E-state index in [9.17, 15) is 0 Å². The van der Waals surface area contributed by atoms with Gasteiger partial charge < -0.3 is 0 Å². The van der Waals surface area contributed by atoms with Crippen LogP contribution in [-0.2, 0) is 0 Å². The molecule has 1 heteroatoms. The number of alkyl halides is 1. The van der Waals surface area contributed by atoms with Crippen molar-refractivity contribution in [1.82, 2.24) is 0 Å². The Labute approximate surface area is 107 Å². The average Bonchev–Trinajstić information content (AvgIpc) is 2.23. The number of hydrogen-bond acceptors (Lipinski definition) is 0. The lowest BCUT2D eigenvalue weighted by Crippen LogP contribution is -2.69. The molecule has 7 aliphatic rings. The van der Waals surface area contributed by atoms with Gasteiger partial charge in [-0.25, -0.2) is 0 Å². The van der Waals surface area contributed by atoms with Crippen molar-refractivity contribution in [2.75, 3.05) is 0 Å². The second-order valence-electron chi connectivity index (χ2n) is 8.02. The fourth-order valence-electron chi connectivity index (χ4n) is 7.40. The summed E-state index contributed by atoms with van der Waals surface area (Å²) in [5.74, 6) is 6.77. The summed E-state index contributed by atoms with van der Waals surface area (Å²) >= 11 is 4.15. The minimum atomic E-state index is 0.574. The summed E-state index contributed by atoms with van der Waals surface area (Å²) in [4.78, 5) is 0. The van der Waals surface area contributed by atoms with E-state index in [0.717, 1.165) is 40.9 Å². The molecule has 4 atom stereocenters. The van der Waals surface area contributed by atoms with Crippen molar-refractivity contribution in [2.45, 2.75) is 49.8 Å². The Bertz CT molecular complexity index is 350. The van der Waals surface area contributed by atoms with Crippen LogP contribution in [-0.4, -0.2) is 4.32 Å². The van der Waals surface area contributed by atoms with Gasteiger partial charge in [-0.15, -0.1) is 0 Å². The van der Waals surface area contributed by atoms with Crippen LogP contribution in [0.25, 0.3) is 0 Å². The third-order valence-corrected chi connectivity index (χ3v) is 8.44. The molecule has 0 aromatic heterocycles. The Morgan fingerprint density at radius 2 is 1.56 bits per heavy atom. The molecule has 7 aliphatic carbocycles. The highest BCUT2D eigenvalue weighted by molar-refractivity contribution is 9.10. The summed E-state index contributed by atoms with van der Waals surface area (Å²) in [5, 5.41) is 0. The van der Waals surface area contributed by atoms with Crippen molar-refractivity contribution < 1.29 is 0 Å². The predicted octanol–water partition coefficient (Wildman–Crippen LogP) is 4.23. The molecule has 0 aromatic rings. The molecule has 4 unspecified atom stereocenters. The first-order valence-corrected chi connectivity index (χ1v) is 8.07. The Morgan fingerprint density at radius 1 is 0.938 bits per heavy atom. The fourth-order valence-corrected chi connectivity index (χ4v) is 8.75. The second kappa shape index (κ2) is 2.44. The molecule has 0 radical (unpaired) electrons. The normalized spacial score (nSPS) is 73.9. The lowest BCUT2D eigenvalue weighted by Gasteiger charge is -2.75. The zero-order valence-corrected chi connectivity index (χ0v) is 11.7. The maximum absolute atomic E-state index is 4.15. The Morgan fingerprint density at radius 3 is 2.19 bits per heavy atom. The number of hydrogen-bond donors (Lipinski definition) is 0. The molecule has 88 valence electrons. The summed E-state index contributed by atoms with van der Waals surface area (Å²) in [6, 6.07) is 0. The summed E-state index contributed by atoms with van der Waals surface area (Å²) < 4.78 is 0.574. The summed E-state index contributed by atoms with van der Waals surface area (Å²) in [5.41, 5.74) is 0.739. The van der Waals surface area contributed by atoms with E-state index in [1.165, 1.54) is 19.3 Å². The van der Waals surface area contributed by atoms with Gasteiger partial charge >= 0.3 is 0 Å². The van der Waals surface area contributed by atoms with Crippen LogP contribution in [0.1, 0.15) is 45.4 Å². The van der Waals surface area contributed by atoms with E-state index < -0.39 is 0 Å². The van der Waals surface area contributed by atoms with Gasteiger partial charge in [0.25, 0.3) is 0 Å². The van der Waals surface area contributed by atoms with Gasteiger partial charge in [-0.3, -0.25) is 0 Å². The summed E-state index contributed by atoms with van der Waals surface area (Å²) in [6.45, 7) is 2.66. The zero-order chi connectivity index (χ0) is 10.7. The minimum Gasteiger partial charge on any atom is -0.0853 e. The van der Waals surface area contributed by atoms with Crippen LogP contribution in [0.3, 0.4) is 0 Å². The van der Waals surface area contributed by atoms with E-state index in [-0.39, 0.29) is 0 Å². The van der Waals surface area contributed by atoms with Gasteiger partial charge in [0.15, 0.2) is 0 Å². The van der Waals surface area contributed by atoms with Gasteiger partial charge in [-0.05, 0) is 79.4 Å². The molecule has 7 rings (SSSR count). The maximum atomic E-state index is 4.15. The first kappa shape index (κ1) is 9.42. The molecule has 0 aliphatic heterocycles. The van der Waals surface area contributed by atoms with Gasteiger partial charge in [0, 0.05) is 4.32 Å². The van der Waals surface area contributed by atoms with Crippen LogP contribution in [0.5, 0.6) is 0 Å². The van der Waals surface area contributed by atoms with E-state index in [1.54, 1.807) is 19.3 Å². The van der Waals surface area contributed by atoms with Gasteiger partial charge in [0.1, 0.15) is 0 Å². The Kier molecular flexibility index (Phi) is 1.44. The predicted molar refractivity (Wildman–Crippen MR) is 68.4 cm³/mol. The molecule has 16 heavy (non-hydrogen) atoms. The lowest BCUT2D eigenvalue weighted by atomic mass is 9.31. The van der Waals surface area contributed by atoms with Crippen molar-refractivity contribution in [1.29, 1.82) is 0 Å². The minimum absolute atomic E-state index is 0.574. The molecule has 7 saturated carbocycles. The maximum Gasteiger partial charge on any atom is 0.0269 e. The smallest absolute Gasteiger partial charge is 0.0269 e. The molecular weight excluding hydrogens is 260 g/mol. The summed E-state index contributed by atoms with van der Waals surface area (Å²) in [6.07, 6.45) is 9.36. The van der Waals surface area contributed by atoms with Crippen LogP contribution >= 0.6 is 15.9 Å². The first-order chi connectivity index (χ1) is 7.59. The van der Waals surface area contributed by atoms with E-state index in [1.807, 2.05) is 0 Å². The van der Waals surface area contributed by atoms with Gasteiger partial charge in [-0.1, -0.05) is 22.9 Å². The molecule has 0 spiro atoms. The number of rotatable bonds is 0. The number of halogens is 1. The van der Waals surface area contributed by atoms with Gasteiger partial charge in [-0.2, -0.15) is 0 Å². The van der Waals surface area contributed by atoms with Crippen molar-refractivity contribution in [3.8, 4) is 0 Å². The molecule has 8 bridgehead atoms. The Hall–Kier alpha value is 0.480. The highest BCUT2D eigenvalue weighted by atomic mass is 79.9. The van der Waals surface area contributed by atoms with E-state index in [4.69, 9.17) is 0 Å². The van der Waals surface area contributed by atoms with Crippen LogP contribution in [0.4, 0.5) is 0 Å². The SMILES string of the molecule is CC12CC3(Br)CC4C5CC(CC41)CC2C5C3. The average molecular weight is 281 g/mol. The van der Waals surface area contributed by atoms with Crippen molar-refractivity contribution in [3.63, 3.8) is 0 Å². The zero-order valence-electron chi connectivity index (χ0n) is 10.1. The molecule has 0 amide bonds. The molecule has 0 N–H and O–H groups in total. The quantitative estimate of drug-likeness (QED) is 0.583. The summed E-state index contributed by atoms with van der Waals surface area (Å²) in [7, 11) is 0. The van der Waals surface area contributed by atoms with Crippen LogP contribution < -0.4 is 0 Å². The molecule has 0 aromatic carbocycles. The van der Waals surface area contributed by atoms with Crippen LogP contribution in [0.15, 0.2) is 0 Å². The van der Waals surface area contributed by atoms with Crippen molar-refractivity contribution in [3.05, 3.63) is 0 Å². The third kappa shape index (κ3) is 0.825. The van der Waals surface area contributed by atoms with Crippen molar-refractivity contribution in [2.24, 2.45) is 40.9 Å². The Balaban J connectivity index is 1.73. The highest BCUT2D eigenvalue weighted by Gasteiger charge is 2.71. The van der Waals surface area contributed by atoms with Crippen molar-refractivity contribution >= 4 is 15.9 Å². The largest absolute Gasteiger partial charge is 0.0853 e. The van der Waals surface area contributed by atoms with Gasteiger partial charge in [0.05, 0.1) is 0 Å².